The molecule has 1 aliphatic heterocycles. The molecule has 0 aliphatic carbocycles. The van der Waals surface area contributed by atoms with E-state index in [2.05, 4.69) is 17.4 Å². The van der Waals surface area contributed by atoms with E-state index in [1.807, 2.05) is 30.3 Å². The highest BCUT2D eigenvalue weighted by Crippen LogP contribution is 2.32. The smallest absolute Gasteiger partial charge is 0.231 e. The molecule has 0 fully saturated rings. The first-order valence-corrected chi connectivity index (χ1v) is 7.08. The molecule has 0 saturated carbocycles. The van der Waals surface area contributed by atoms with Crippen molar-refractivity contribution in [3.63, 3.8) is 0 Å². The van der Waals surface area contributed by atoms with Gasteiger partial charge in [0.15, 0.2) is 11.5 Å². The second-order valence-electron chi connectivity index (χ2n) is 4.93. The van der Waals surface area contributed by atoms with Gasteiger partial charge < -0.3 is 19.5 Å². The number of hydrogen-bond acceptors (Lipinski definition) is 4. The van der Waals surface area contributed by atoms with Gasteiger partial charge in [0.1, 0.15) is 5.75 Å². The number of fused-ring (bicyclic) bond motifs is 1. The van der Waals surface area contributed by atoms with Crippen LogP contribution in [0.3, 0.4) is 0 Å². The third-order valence-corrected chi connectivity index (χ3v) is 3.54. The van der Waals surface area contributed by atoms with Gasteiger partial charge in [0, 0.05) is 12.1 Å². The maximum absolute atomic E-state index is 5.39. The molecule has 0 amide bonds. The summed E-state index contributed by atoms with van der Waals surface area (Å²) in [6, 6.07) is 14.2. The summed E-state index contributed by atoms with van der Waals surface area (Å²) < 4.78 is 16.0. The molecule has 3 rings (SSSR count). The molecule has 0 unspecified atom stereocenters. The molecule has 1 aliphatic rings. The topological polar surface area (TPSA) is 39.7 Å². The van der Waals surface area contributed by atoms with E-state index in [0.29, 0.717) is 6.79 Å². The Morgan fingerprint density at radius 2 is 1.95 bits per heavy atom. The van der Waals surface area contributed by atoms with Gasteiger partial charge in [-0.1, -0.05) is 24.3 Å². The predicted octanol–water partition coefficient (Wildman–Crippen LogP) is 2.76. The maximum Gasteiger partial charge on any atom is 0.231 e. The lowest BCUT2D eigenvalue weighted by molar-refractivity contribution is 0.174. The summed E-state index contributed by atoms with van der Waals surface area (Å²) in [6.07, 6.45) is 0.950. The lowest BCUT2D eigenvalue weighted by atomic mass is 10.1. The molecule has 110 valence electrons. The van der Waals surface area contributed by atoms with E-state index in [9.17, 15) is 0 Å². The van der Waals surface area contributed by atoms with Gasteiger partial charge in [-0.3, -0.25) is 0 Å². The number of ether oxygens (including phenoxy) is 3. The zero-order chi connectivity index (χ0) is 14.5. The standard InChI is InChI=1S/C17H19NO3/c1-19-15-5-3-2-4-14(15)11-18-9-8-13-6-7-16-17(10-13)21-12-20-16/h2-7,10,18H,8-9,11-12H2,1H3. The Hall–Kier alpha value is -2.20. The highest BCUT2D eigenvalue weighted by molar-refractivity contribution is 5.44. The molecule has 0 radical (unpaired) electrons. The molecular weight excluding hydrogens is 266 g/mol. The summed E-state index contributed by atoms with van der Waals surface area (Å²) in [4.78, 5) is 0. The maximum atomic E-state index is 5.39. The molecule has 0 saturated heterocycles. The predicted molar refractivity (Wildman–Crippen MR) is 81.0 cm³/mol. The fourth-order valence-corrected chi connectivity index (χ4v) is 2.40. The van der Waals surface area contributed by atoms with Crippen molar-refractivity contribution in [3.8, 4) is 17.2 Å². The second kappa shape index (κ2) is 6.50. The molecule has 4 nitrogen and oxygen atoms in total. The highest BCUT2D eigenvalue weighted by atomic mass is 16.7. The van der Waals surface area contributed by atoms with E-state index in [1.165, 1.54) is 11.1 Å². The fourth-order valence-electron chi connectivity index (χ4n) is 2.40. The first-order chi connectivity index (χ1) is 10.4. The zero-order valence-electron chi connectivity index (χ0n) is 12.1. The van der Waals surface area contributed by atoms with E-state index in [1.54, 1.807) is 7.11 Å². The molecule has 21 heavy (non-hydrogen) atoms. The average molecular weight is 285 g/mol. The van der Waals surface area contributed by atoms with Crippen molar-refractivity contribution in [2.75, 3.05) is 20.4 Å². The van der Waals surface area contributed by atoms with E-state index in [4.69, 9.17) is 14.2 Å². The lowest BCUT2D eigenvalue weighted by Gasteiger charge is -2.09. The summed E-state index contributed by atoms with van der Waals surface area (Å²) in [5.41, 5.74) is 2.41. The summed E-state index contributed by atoms with van der Waals surface area (Å²) in [7, 11) is 1.70. The van der Waals surface area contributed by atoms with Crippen LogP contribution in [0.25, 0.3) is 0 Å². The molecule has 4 heteroatoms. The number of para-hydroxylation sites is 1. The van der Waals surface area contributed by atoms with Gasteiger partial charge in [-0.25, -0.2) is 0 Å². The highest BCUT2D eigenvalue weighted by Gasteiger charge is 2.12. The number of rotatable bonds is 6. The average Bonchev–Trinajstić information content (AvgIpc) is 2.99. The second-order valence-corrected chi connectivity index (χ2v) is 4.93. The Balaban J connectivity index is 1.50. The first kappa shape index (κ1) is 13.8. The molecule has 0 atom stereocenters. The molecule has 0 bridgehead atoms. The van der Waals surface area contributed by atoms with Crippen LogP contribution in [0.4, 0.5) is 0 Å². The Labute approximate surface area is 124 Å². The lowest BCUT2D eigenvalue weighted by Crippen LogP contribution is -2.17. The summed E-state index contributed by atoms with van der Waals surface area (Å²) in [5.74, 6) is 2.60. The van der Waals surface area contributed by atoms with Crippen LogP contribution in [0, 0.1) is 0 Å². The molecule has 0 spiro atoms. The minimum Gasteiger partial charge on any atom is -0.496 e. The van der Waals surface area contributed by atoms with Gasteiger partial charge >= 0.3 is 0 Å². The van der Waals surface area contributed by atoms with E-state index >= 15 is 0 Å². The number of nitrogens with one attached hydrogen (secondary N) is 1. The number of benzene rings is 2. The van der Waals surface area contributed by atoms with Crippen LogP contribution in [0.15, 0.2) is 42.5 Å². The Morgan fingerprint density at radius 3 is 2.86 bits per heavy atom. The van der Waals surface area contributed by atoms with Gasteiger partial charge in [-0.2, -0.15) is 0 Å². The summed E-state index contributed by atoms with van der Waals surface area (Å²) in [5, 5.41) is 3.44. The Kier molecular flexibility index (Phi) is 4.26. The number of hydrogen-bond donors (Lipinski definition) is 1. The van der Waals surface area contributed by atoms with Gasteiger partial charge in [-0.05, 0) is 36.7 Å². The Bertz CT molecular complexity index is 613. The van der Waals surface area contributed by atoms with Crippen LogP contribution in [0.2, 0.25) is 0 Å². The first-order valence-electron chi connectivity index (χ1n) is 7.08. The summed E-state index contributed by atoms with van der Waals surface area (Å²) in [6.45, 7) is 2.02. The monoisotopic (exact) mass is 285 g/mol. The normalized spacial score (nSPS) is 12.4. The van der Waals surface area contributed by atoms with Crippen LogP contribution >= 0.6 is 0 Å². The molecule has 2 aromatic rings. The molecule has 2 aromatic carbocycles. The van der Waals surface area contributed by atoms with Crippen molar-refractivity contribution in [2.45, 2.75) is 13.0 Å². The van der Waals surface area contributed by atoms with Crippen molar-refractivity contribution in [3.05, 3.63) is 53.6 Å². The van der Waals surface area contributed by atoms with Crippen molar-refractivity contribution < 1.29 is 14.2 Å². The van der Waals surface area contributed by atoms with Crippen LogP contribution < -0.4 is 19.5 Å². The molecule has 1 N–H and O–H groups in total. The van der Waals surface area contributed by atoms with E-state index in [0.717, 1.165) is 36.8 Å². The van der Waals surface area contributed by atoms with Crippen LogP contribution in [-0.2, 0) is 13.0 Å². The minimum absolute atomic E-state index is 0.324. The third kappa shape index (κ3) is 3.28. The van der Waals surface area contributed by atoms with Gasteiger partial charge in [0.25, 0.3) is 0 Å². The Morgan fingerprint density at radius 1 is 1.10 bits per heavy atom. The van der Waals surface area contributed by atoms with Gasteiger partial charge in [0.05, 0.1) is 7.11 Å². The summed E-state index contributed by atoms with van der Waals surface area (Å²) >= 11 is 0. The van der Waals surface area contributed by atoms with Crippen LogP contribution in [0.1, 0.15) is 11.1 Å². The van der Waals surface area contributed by atoms with Crippen molar-refractivity contribution in [2.24, 2.45) is 0 Å². The van der Waals surface area contributed by atoms with E-state index in [-0.39, 0.29) is 0 Å². The minimum atomic E-state index is 0.324. The fraction of sp³-hybridized carbons (Fsp3) is 0.294. The molecule has 1 heterocycles. The zero-order valence-corrected chi connectivity index (χ0v) is 12.1. The number of methoxy groups -OCH3 is 1. The SMILES string of the molecule is COc1ccccc1CNCCc1ccc2c(c1)OCO2. The largest absolute Gasteiger partial charge is 0.496 e. The molecular formula is C17H19NO3. The van der Waals surface area contributed by atoms with Crippen LogP contribution in [0.5, 0.6) is 17.2 Å². The third-order valence-electron chi connectivity index (χ3n) is 3.54. The quantitative estimate of drug-likeness (QED) is 0.828. The van der Waals surface area contributed by atoms with Crippen LogP contribution in [-0.4, -0.2) is 20.4 Å². The van der Waals surface area contributed by atoms with Crippen molar-refractivity contribution >= 4 is 0 Å². The van der Waals surface area contributed by atoms with Gasteiger partial charge in [-0.15, -0.1) is 0 Å². The molecule has 0 aromatic heterocycles. The van der Waals surface area contributed by atoms with E-state index < -0.39 is 0 Å². The van der Waals surface area contributed by atoms with Crippen molar-refractivity contribution in [1.82, 2.24) is 5.32 Å². The van der Waals surface area contributed by atoms with Crippen molar-refractivity contribution in [1.29, 1.82) is 0 Å². The van der Waals surface area contributed by atoms with Gasteiger partial charge in [0.2, 0.25) is 6.79 Å².